The van der Waals surface area contributed by atoms with Crippen LogP contribution in [0.5, 0.6) is 0 Å². The molecule has 0 bridgehead atoms. The molecule has 1 aromatic heterocycles. The SMILES string of the molecule is Cc1cc(C)c2nc3c(c(C(=O)O)c2c1)CCCC3(C)C. The van der Waals surface area contributed by atoms with Crippen LogP contribution in [0.15, 0.2) is 12.1 Å². The second-order valence-electron chi connectivity index (χ2n) is 6.83. The number of fused-ring (bicyclic) bond motifs is 2. The predicted molar refractivity (Wildman–Crippen MR) is 84.1 cm³/mol. The molecule has 3 rings (SSSR count). The van der Waals surface area contributed by atoms with E-state index in [1.807, 2.05) is 19.9 Å². The minimum atomic E-state index is -0.832. The molecule has 2 aromatic rings. The molecule has 0 amide bonds. The molecule has 1 aliphatic carbocycles. The molecule has 0 atom stereocenters. The van der Waals surface area contributed by atoms with Crippen molar-refractivity contribution in [3.05, 3.63) is 40.1 Å². The average molecular weight is 283 g/mol. The number of pyridine rings is 1. The smallest absolute Gasteiger partial charge is 0.336 e. The van der Waals surface area contributed by atoms with Gasteiger partial charge in [0.1, 0.15) is 0 Å². The van der Waals surface area contributed by atoms with Crippen LogP contribution in [0, 0.1) is 13.8 Å². The van der Waals surface area contributed by atoms with E-state index in [2.05, 4.69) is 19.9 Å². The summed E-state index contributed by atoms with van der Waals surface area (Å²) in [6.45, 7) is 8.34. The van der Waals surface area contributed by atoms with Gasteiger partial charge in [-0.1, -0.05) is 25.5 Å². The largest absolute Gasteiger partial charge is 0.478 e. The van der Waals surface area contributed by atoms with E-state index in [9.17, 15) is 9.90 Å². The van der Waals surface area contributed by atoms with Gasteiger partial charge in [0.15, 0.2) is 0 Å². The maximum absolute atomic E-state index is 11.9. The Morgan fingerprint density at radius 2 is 2.00 bits per heavy atom. The molecule has 3 heteroatoms. The summed E-state index contributed by atoms with van der Waals surface area (Å²) in [4.78, 5) is 16.8. The van der Waals surface area contributed by atoms with Gasteiger partial charge in [0.05, 0.1) is 16.8 Å². The van der Waals surface area contributed by atoms with Crippen molar-refractivity contribution in [2.75, 3.05) is 0 Å². The average Bonchev–Trinajstić information content (AvgIpc) is 2.35. The summed E-state index contributed by atoms with van der Waals surface area (Å²) in [6, 6.07) is 4.03. The number of rotatable bonds is 1. The molecular formula is C18H21NO2. The number of nitrogens with zero attached hydrogens (tertiary/aromatic N) is 1. The molecule has 0 spiro atoms. The van der Waals surface area contributed by atoms with E-state index in [0.29, 0.717) is 5.56 Å². The Morgan fingerprint density at radius 3 is 2.67 bits per heavy atom. The van der Waals surface area contributed by atoms with Crippen molar-refractivity contribution < 1.29 is 9.90 Å². The molecule has 0 aliphatic heterocycles. The molecule has 110 valence electrons. The standard InChI is InChI=1S/C18H21NO2/c1-10-8-11(2)15-13(9-10)14(17(20)21)12-6-5-7-18(3,4)16(12)19-15/h8-9H,5-7H2,1-4H3,(H,20,21). The van der Waals surface area contributed by atoms with E-state index in [1.54, 1.807) is 0 Å². The summed E-state index contributed by atoms with van der Waals surface area (Å²) in [5.74, 6) is -0.832. The lowest BCUT2D eigenvalue weighted by Crippen LogP contribution is -2.27. The summed E-state index contributed by atoms with van der Waals surface area (Å²) in [7, 11) is 0. The van der Waals surface area contributed by atoms with Crippen LogP contribution in [-0.4, -0.2) is 16.1 Å². The maximum atomic E-state index is 11.9. The van der Waals surface area contributed by atoms with Gasteiger partial charge in [-0.25, -0.2) is 4.79 Å². The van der Waals surface area contributed by atoms with Crippen LogP contribution in [0.1, 0.15) is 59.4 Å². The Balaban J connectivity index is 2.50. The minimum absolute atomic E-state index is 0.0523. The molecule has 0 unspecified atom stereocenters. The highest BCUT2D eigenvalue weighted by molar-refractivity contribution is 6.05. The molecular weight excluding hydrogens is 262 g/mol. The number of aromatic carboxylic acids is 1. The molecule has 1 aromatic carbocycles. The van der Waals surface area contributed by atoms with Gasteiger partial charge in [-0.2, -0.15) is 0 Å². The third-order valence-corrected chi connectivity index (χ3v) is 4.61. The molecule has 1 heterocycles. The van der Waals surface area contributed by atoms with Gasteiger partial charge >= 0.3 is 5.97 Å². The Morgan fingerprint density at radius 1 is 1.29 bits per heavy atom. The van der Waals surface area contributed by atoms with E-state index in [0.717, 1.165) is 52.5 Å². The van der Waals surface area contributed by atoms with Crippen LogP contribution in [0.4, 0.5) is 0 Å². The van der Waals surface area contributed by atoms with Crippen LogP contribution in [0.25, 0.3) is 10.9 Å². The lowest BCUT2D eigenvalue weighted by molar-refractivity contribution is 0.0697. The number of carboxylic acid groups (broad SMARTS) is 1. The van der Waals surface area contributed by atoms with Gasteiger partial charge in [-0.05, 0) is 50.3 Å². The highest BCUT2D eigenvalue weighted by Crippen LogP contribution is 2.39. The highest BCUT2D eigenvalue weighted by atomic mass is 16.4. The summed E-state index contributed by atoms with van der Waals surface area (Å²) in [5, 5.41) is 10.6. The Labute approximate surface area is 125 Å². The fourth-order valence-electron chi connectivity index (χ4n) is 3.63. The quantitative estimate of drug-likeness (QED) is 0.854. The van der Waals surface area contributed by atoms with Gasteiger partial charge in [0, 0.05) is 10.8 Å². The number of carboxylic acids is 1. The highest BCUT2D eigenvalue weighted by Gasteiger charge is 2.33. The fourth-order valence-corrected chi connectivity index (χ4v) is 3.63. The van der Waals surface area contributed by atoms with Crippen LogP contribution in [-0.2, 0) is 11.8 Å². The Hall–Kier alpha value is -1.90. The normalized spacial score (nSPS) is 16.8. The fraction of sp³-hybridized carbons (Fsp3) is 0.444. The molecule has 0 saturated carbocycles. The number of carbonyl (C=O) groups is 1. The predicted octanol–water partition coefficient (Wildman–Crippen LogP) is 4.16. The van der Waals surface area contributed by atoms with Crippen molar-refractivity contribution in [3.8, 4) is 0 Å². The lowest BCUT2D eigenvalue weighted by atomic mass is 9.74. The van der Waals surface area contributed by atoms with E-state index < -0.39 is 5.97 Å². The summed E-state index contributed by atoms with van der Waals surface area (Å²) < 4.78 is 0. The number of hydrogen-bond donors (Lipinski definition) is 1. The van der Waals surface area contributed by atoms with Gasteiger partial charge in [0.25, 0.3) is 0 Å². The first kappa shape index (κ1) is 14.1. The second kappa shape index (κ2) is 4.55. The van der Waals surface area contributed by atoms with Crippen LogP contribution >= 0.6 is 0 Å². The van der Waals surface area contributed by atoms with E-state index in [4.69, 9.17) is 4.98 Å². The summed E-state index contributed by atoms with van der Waals surface area (Å²) in [6.07, 6.45) is 2.90. The Kier molecular flexibility index (Phi) is 3.05. The zero-order chi connectivity index (χ0) is 15.4. The third-order valence-electron chi connectivity index (χ3n) is 4.61. The summed E-state index contributed by atoms with van der Waals surface area (Å²) >= 11 is 0. The van der Waals surface area contributed by atoms with Gasteiger partial charge in [-0.3, -0.25) is 4.98 Å². The van der Waals surface area contributed by atoms with Crippen molar-refractivity contribution in [2.24, 2.45) is 0 Å². The van der Waals surface area contributed by atoms with E-state index >= 15 is 0 Å². The van der Waals surface area contributed by atoms with Crippen molar-refractivity contribution in [1.29, 1.82) is 0 Å². The zero-order valence-corrected chi connectivity index (χ0v) is 13.1. The monoisotopic (exact) mass is 283 g/mol. The van der Waals surface area contributed by atoms with Crippen LogP contribution in [0.3, 0.4) is 0 Å². The maximum Gasteiger partial charge on any atom is 0.336 e. The van der Waals surface area contributed by atoms with E-state index in [1.165, 1.54) is 0 Å². The first-order valence-electron chi connectivity index (χ1n) is 7.49. The minimum Gasteiger partial charge on any atom is -0.478 e. The van der Waals surface area contributed by atoms with Crippen molar-refractivity contribution in [2.45, 2.75) is 52.4 Å². The number of aryl methyl sites for hydroxylation is 2. The molecule has 0 saturated heterocycles. The topological polar surface area (TPSA) is 50.2 Å². The molecule has 3 nitrogen and oxygen atoms in total. The van der Waals surface area contributed by atoms with E-state index in [-0.39, 0.29) is 5.41 Å². The molecule has 0 radical (unpaired) electrons. The third kappa shape index (κ3) is 2.11. The second-order valence-corrected chi connectivity index (χ2v) is 6.83. The van der Waals surface area contributed by atoms with Crippen LogP contribution in [0.2, 0.25) is 0 Å². The van der Waals surface area contributed by atoms with Crippen molar-refractivity contribution >= 4 is 16.9 Å². The molecule has 0 fully saturated rings. The van der Waals surface area contributed by atoms with Gasteiger partial charge < -0.3 is 5.11 Å². The first-order valence-corrected chi connectivity index (χ1v) is 7.49. The van der Waals surface area contributed by atoms with Crippen molar-refractivity contribution in [1.82, 2.24) is 4.98 Å². The van der Waals surface area contributed by atoms with Crippen molar-refractivity contribution in [3.63, 3.8) is 0 Å². The zero-order valence-electron chi connectivity index (χ0n) is 13.1. The van der Waals surface area contributed by atoms with Gasteiger partial charge in [-0.15, -0.1) is 0 Å². The number of hydrogen-bond acceptors (Lipinski definition) is 2. The number of aromatic nitrogens is 1. The molecule has 21 heavy (non-hydrogen) atoms. The summed E-state index contributed by atoms with van der Waals surface area (Å²) in [5.41, 5.74) is 5.31. The number of benzene rings is 1. The first-order chi connectivity index (χ1) is 9.81. The lowest BCUT2D eigenvalue weighted by Gasteiger charge is -2.32. The Bertz CT molecular complexity index is 760. The molecule has 1 N–H and O–H groups in total. The van der Waals surface area contributed by atoms with Gasteiger partial charge in [0.2, 0.25) is 0 Å². The molecule has 1 aliphatic rings. The van der Waals surface area contributed by atoms with Crippen LogP contribution < -0.4 is 0 Å².